The minimum atomic E-state index is -0.583. The summed E-state index contributed by atoms with van der Waals surface area (Å²) in [6.45, 7) is 4.11. The van der Waals surface area contributed by atoms with E-state index in [9.17, 15) is 9.90 Å². The molecule has 3 nitrogen and oxygen atoms in total. The molecule has 3 heteroatoms. The van der Waals surface area contributed by atoms with E-state index >= 15 is 0 Å². The molecule has 0 radical (unpaired) electrons. The van der Waals surface area contributed by atoms with E-state index in [1.165, 1.54) is 38.5 Å². The standard InChI is InChI=1S/C16H29NO2/c1-2-10-16(15(18)19)11-7-12-17(16)13-14-8-5-3-4-6-9-14/h14H,2-13H2,1H3,(H,18,19). The molecule has 1 saturated heterocycles. The van der Waals surface area contributed by atoms with Crippen molar-refractivity contribution in [3.8, 4) is 0 Å². The van der Waals surface area contributed by atoms with Crippen molar-refractivity contribution in [3.63, 3.8) is 0 Å². The molecule has 0 aromatic rings. The van der Waals surface area contributed by atoms with Crippen molar-refractivity contribution in [1.82, 2.24) is 4.90 Å². The molecule has 110 valence electrons. The third kappa shape index (κ3) is 3.31. The molecule has 0 aromatic heterocycles. The third-order valence-corrected chi connectivity index (χ3v) is 5.14. The Kier molecular flexibility index (Phi) is 5.26. The molecular formula is C16H29NO2. The summed E-state index contributed by atoms with van der Waals surface area (Å²) in [7, 11) is 0. The summed E-state index contributed by atoms with van der Waals surface area (Å²) < 4.78 is 0. The van der Waals surface area contributed by atoms with Crippen molar-refractivity contribution in [3.05, 3.63) is 0 Å². The number of carbonyl (C=O) groups is 1. The Bertz CT molecular complexity index is 297. The van der Waals surface area contributed by atoms with Crippen LogP contribution in [0, 0.1) is 5.92 Å². The number of hydrogen-bond acceptors (Lipinski definition) is 2. The first kappa shape index (κ1) is 14.8. The second-order valence-electron chi connectivity index (χ2n) is 6.49. The van der Waals surface area contributed by atoms with Gasteiger partial charge in [0.05, 0.1) is 0 Å². The lowest BCUT2D eigenvalue weighted by molar-refractivity contribution is -0.150. The highest BCUT2D eigenvalue weighted by molar-refractivity contribution is 5.79. The molecule has 19 heavy (non-hydrogen) atoms. The number of nitrogens with zero attached hydrogens (tertiary/aromatic N) is 1. The van der Waals surface area contributed by atoms with Crippen LogP contribution in [0.1, 0.15) is 71.1 Å². The lowest BCUT2D eigenvalue weighted by atomic mass is 9.89. The van der Waals surface area contributed by atoms with Crippen molar-refractivity contribution >= 4 is 5.97 Å². The monoisotopic (exact) mass is 267 g/mol. The van der Waals surface area contributed by atoms with Gasteiger partial charge in [-0.05, 0) is 44.6 Å². The normalized spacial score (nSPS) is 30.4. The molecule has 0 bridgehead atoms. The van der Waals surface area contributed by atoms with Crippen LogP contribution in [0.2, 0.25) is 0 Å². The first-order valence-corrected chi connectivity index (χ1v) is 8.17. The zero-order chi connectivity index (χ0) is 13.7. The quantitative estimate of drug-likeness (QED) is 0.773. The number of likely N-dealkylation sites (tertiary alicyclic amines) is 1. The Hall–Kier alpha value is -0.570. The van der Waals surface area contributed by atoms with Gasteiger partial charge in [0, 0.05) is 6.54 Å². The fourth-order valence-electron chi connectivity index (χ4n) is 4.10. The average molecular weight is 267 g/mol. The van der Waals surface area contributed by atoms with E-state index in [0.29, 0.717) is 0 Å². The first-order valence-electron chi connectivity index (χ1n) is 8.17. The summed E-state index contributed by atoms with van der Waals surface area (Å²) in [6, 6.07) is 0. The SMILES string of the molecule is CCCC1(C(=O)O)CCCN1CC1CCCCCC1. The molecule has 1 atom stereocenters. The van der Waals surface area contributed by atoms with E-state index in [2.05, 4.69) is 11.8 Å². The van der Waals surface area contributed by atoms with Crippen LogP contribution in [0.5, 0.6) is 0 Å². The lowest BCUT2D eigenvalue weighted by Gasteiger charge is -2.36. The molecule has 0 spiro atoms. The first-order chi connectivity index (χ1) is 9.19. The largest absolute Gasteiger partial charge is 0.480 e. The molecule has 2 aliphatic rings. The van der Waals surface area contributed by atoms with Crippen molar-refractivity contribution in [2.24, 2.45) is 5.92 Å². The molecule has 1 aliphatic carbocycles. The molecular weight excluding hydrogens is 238 g/mol. The molecule has 0 amide bonds. The maximum Gasteiger partial charge on any atom is 0.324 e. The van der Waals surface area contributed by atoms with E-state index < -0.39 is 11.5 Å². The molecule has 1 aliphatic heterocycles. The van der Waals surface area contributed by atoms with Gasteiger partial charge >= 0.3 is 5.97 Å². The van der Waals surface area contributed by atoms with Crippen LogP contribution in [0.4, 0.5) is 0 Å². The number of aliphatic carboxylic acids is 1. The lowest BCUT2D eigenvalue weighted by Crippen LogP contribution is -2.51. The van der Waals surface area contributed by atoms with Crippen LogP contribution in [-0.4, -0.2) is 34.6 Å². The Balaban J connectivity index is 2.02. The van der Waals surface area contributed by atoms with Crippen LogP contribution in [0.25, 0.3) is 0 Å². The predicted molar refractivity (Wildman–Crippen MR) is 77.3 cm³/mol. The number of carboxylic acids is 1. The molecule has 1 unspecified atom stereocenters. The van der Waals surface area contributed by atoms with Crippen LogP contribution >= 0.6 is 0 Å². The highest BCUT2D eigenvalue weighted by atomic mass is 16.4. The van der Waals surface area contributed by atoms with Crippen LogP contribution in [0.3, 0.4) is 0 Å². The Morgan fingerprint density at radius 1 is 1.21 bits per heavy atom. The van der Waals surface area contributed by atoms with Gasteiger partial charge in [-0.1, -0.05) is 39.0 Å². The van der Waals surface area contributed by atoms with Crippen molar-refractivity contribution in [1.29, 1.82) is 0 Å². The smallest absolute Gasteiger partial charge is 0.324 e. The number of hydrogen-bond donors (Lipinski definition) is 1. The average Bonchev–Trinajstić information content (AvgIpc) is 2.61. The zero-order valence-corrected chi connectivity index (χ0v) is 12.4. The molecule has 1 heterocycles. The van der Waals surface area contributed by atoms with Gasteiger partial charge < -0.3 is 5.11 Å². The van der Waals surface area contributed by atoms with E-state index in [-0.39, 0.29) is 0 Å². The summed E-state index contributed by atoms with van der Waals surface area (Å²) in [6.07, 6.45) is 11.7. The van der Waals surface area contributed by atoms with Gasteiger partial charge in [-0.25, -0.2) is 0 Å². The zero-order valence-electron chi connectivity index (χ0n) is 12.4. The topological polar surface area (TPSA) is 40.5 Å². The fraction of sp³-hybridized carbons (Fsp3) is 0.938. The van der Waals surface area contributed by atoms with Crippen LogP contribution in [-0.2, 0) is 4.79 Å². The highest BCUT2D eigenvalue weighted by Gasteiger charge is 2.47. The second-order valence-corrected chi connectivity index (χ2v) is 6.49. The van der Waals surface area contributed by atoms with Gasteiger partial charge in [-0.3, -0.25) is 9.69 Å². The van der Waals surface area contributed by atoms with Gasteiger partial charge in [0.1, 0.15) is 5.54 Å². The number of carboxylic acid groups (broad SMARTS) is 1. The van der Waals surface area contributed by atoms with E-state index in [0.717, 1.165) is 44.7 Å². The Labute approximate surface area is 117 Å². The van der Waals surface area contributed by atoms with E-state index in [1.807, 2.05) is 0 Å². The minimum Gasteiger partial charge on any atom is -0.480 e. The summed E-state index contributed by atoms with van der Waals surface area (Å²) >= 11 is 0. The molecule has 2 fully saturated rings. The van der Waals surface area contributed by atoms with Gasteiger partial charge in [0.2, 0.25) is 0 Å². The van der Waals surface area contributed by atoms with Gasteiger partial charge in [0.15, 0.2) is 0 Å². The summed E-state index contributed by atoms with van der Waals surface area (Å²) in [5.41, 5.74) is -0.541. The third-order valence-electron chi connectivity index (χ3n) is 5.14. The van der Waals surface area contributed by atoms with Gasteiger partial charge in [-0.15, -0.1) is 0 Å². The van der Waals surface area contributed by atoms with Crippen LogP contribution < -0.4 is 0 Å². The minimum absolute atomic E-state index is 0.541. The molecule has 1 N–H and O–H groups in total. The van der Waals surface area contributed by atoms with Crippen molar-refractivity contribution < 1.29 is 9.90 Å². The summed E-state index contributed by atoms with van der Waals surface area (Å²) in [5.74, 6) is 0.150. The van der Waals surface area contributed by atoms with E-state index in [4.69, 9.17) is 0 Å². The molecule has 0 aromatic carbocycles. The highest BCUT2D eigenvalue weighted by Crippen LogP contribution is 2.36. The maximum atomic E-state index is 11.8. The maximum absolute atomic E-state index is 11.8. The van der Waals surface area contributed by atoms with Gasteiger partial charge in [0.25, 0.3) is 0 Å². The van der Waals surface area contributed by atoms with E-state index in [1.54, 1.807) is 0 Å². The fourth-order valence-corrected chi connectivity index (χ4v) is 4.10. The summed E-state index contributed by atoms with van der Waals surface area (Å²) in [5, 5.41) is 9.71. The Morgan fingerprint density at radius 3 is 2.47 bits per heavy atom. The van der Waals surface area contributed by atoms with Crippen LogP contribution in [0.15, 0.2) is 0 Å². The summed E-state index contributed by atoms with van der Waals surface area (Å²) in [4.78, 5) is 14.1. The molecule has 2 rings (SSSR count). The predicted octanol–water partition coefficient (Wildman–Crippen LogP) is 3.68. The molecule has 1 saturated carbocycles. The number of rotatable bonds is 5. The Morgan fingerprint density at radius 2 is 1.89 bits per heavy atom. The van der Waals surface area contributed by atoms with Crippen molar-refractivity contribution in [2.45, 2.75) is 76.7 Å². The second kappa shape index (κ2) is 6.74. The van der Waals surface area contributed by atoms with Crippen molar-refractivity contribution in [2.75, 3.05) is 13.1 Å². The van der Waals surface area contributed by atoms with Gasteiger partial charge in [-0.2, -0.15) is 0 Å².